The highest BCUT2D eigenvalue weighted by Gasteiger charge is 2.28. The fourth-order valence-electron chi connectivity index (χ4n) is 4.73. The van der Waals surface area contributed by atoms with Crippen LogP contribution in [0.4, 0.5) is 11.4 Å². The molecule has 1 heterocycles. The summed E-state index contributed by atoms with van der Waals surface area (Å²) in [5, 5.41) is 15.8. The highest BCUT2D eigenvalue weighted by atomic mass is 35.5. The van der Waals surface area contributed by atoms with Crippen LogP contribution in [0, 0.1) is 0 Å². The lowest BCUT2D eigenvalue weighted by molar-refractivity contribution is 0.0693. The summed E-state index contributed by atoms with van der Waals surface area (Å²) in [5.74, 6) is 0.0911. The number of carboxylic acid groups (broad SMARTS) is 1. The Labute approximate surface area is 216 Å². The minimum absolute atomic E-state index is 0. The second-order valence-electron chi connectivity index (χ2n) is 8.71. The predicted molar refractivity (Wildman–Crippen MR) is 145 cm³/mol. The van der Waals surface area contributed by atoms with Crippen molar-refractivity contribution in [2.45, 2.75) is 19.1 Å². The molecule has 0 radical (unpaired) electrons. The number of anilines is 2. The molecule has 186 valence electrons. The van der Waals surface area contributed by atoms with E-state index in [0.717, 1.165) is 17.1 Å². The minimum atomic E-state index is -1.02. The topological polar surface area (TPSA) is 71.0 Å². The molecule has 4 aromatic carbocycles. The third-order valence-electron chi connectivity index (χ3n) is 6.50. The minimum Gasteiger partial charge on any atom is -0.496 e. The Balaban J connectivity index is 0.00000304. The summed E-state index contributed by atoms with van der Waals surface area (Å²) in [7, 11) is 1.48. The monoisotopic (exact) mass is 504 g/mol. The first kappa shape index (κ1) is 25.4. The van der Waals surface area contributed by atoms with Gasteiger partial charge in [-0.1, -0.05) is 54.6 Å². The molecule has 5 rings (SSSR count). The number of rotatable bonds is 7. The van der Waals surface area contributed by atoms with Crippen molar-refractivity contribution in [3.8, 4) is 11.5 Å². The van der Waals surface area contributed by atoms with Crippen LogP contribution in [0.3, 0.4) is 0 Å². The fraction of sp³-hybridized carbons (Fsp3) is 0.207. The van der Waals surface area contributed by atoms with Gasteiger partial charge in [0, 0.05) is 18.3 Å². The van der Waals surface area contributed by atoms with Gasteiger partial charge in [-0.3, -0.25) is 0 Å². The van der Waals surface area contributed by atoms with Crippen molar-refractivity contribution in [3.05, 3.63) is 96.1 Å². The molecule has 0 amide bonds. The average molecular weight is 505 g/mol. The Morgan fingerprint density at radius 1 is 1.08 bits per heavy atom. The molecule has 0 saturated heterocycles. The SMILES string of the molecule is COc1ccc(N2CC(CN[C@H](C)c3cccc4ccccc34)Oc3ccccc32)cc1C(=O)O.Cl. The zero-order valence-corrected chi connectivity index (χ0v) is 21.0. The van der Waals surface area contributed by atoms with E-state index in [1.807, 2.05) is 30.3 Å². The van der Waals surface area contributed by atoms with Crippen molar-refractivity contribution in [2.75, 3.05) is 25.1 Å². The number of benzene rings is 4. The van der Waals surface area contributed by atoms with E-state index in [9.17, 15) is 9.90 Å². The molecule has 0 fully saturated rings. The third kappa shape index (κ3) is 4.96. The Morgan fingerprint density at radius 3 is 2.64 bits per heavy atom. The van der Waals surface area contributed by atoms with Gasteiger partial charge in [-0.2, -0.15) is 0 Å². The molecule has 1 unspecified atom stereocenters. The first-order chi connectivity index (χ1) is 17.0. The number of fused-ring (bicyclic) bond motifs is 2. The molecule has 2 N–H and O–H groups in total. The summed E-state index contributed by atoms with van der Waals surface area (Å²) in [4.78, 5) is 13.9. The van der Waals surface area contributed by atoms with Gasteiger partial charge in [-0.15, -0.1) is 12.4 Å². The van der Waals surface area contributed by atoms with Crippen molar-refractivity contribution in [1.29, 1.82) is 0 Å². The number of nitrogens with one attached hydrogen (secondary N) is 1. The Bertz CT molecular complexity index is 1370. The van der Waals surface area contributed by atoms with Gasteiger partial charge in [-0.05, 0) is 53.6 Å². The number of para-hydroxylation sites is 2. The Kier molecular flexibility index (Phi) is 7.67. The highest BCUT2D eigenvalue weighted by molar-refractivity contribution is 5.93. The maximum Gasteiger partial charge on any atom is 0.339 e. The van der Waals surface area contributed by atoms with Crippen LogP contribution in [0.5, 0.6) is 11.5 Å². The van der Waals surface area contributed by atoms with Crippen LogP contribution in [-0.4, -0.2) is 37.4 Å². The van der Waals surface area contributed by atoms with Gasteiger partial charge < -0.3 is 24.8 Å². The molecule has 36 heavy (non-hydrogen) atoms. The number of carboxylic acids is 1. The summed E-state index contributed by atoms with van der Waals surface area (Å²) >= 11 is 0. The van der Waals surface area contributed by atoms with Crippen molar-refractivity contribution in [2.24, 2.45) is 0 Å². The summed E-state index contributed by atoms with van der Waals surface area (Å²) in [6.45, 7) is 3.38. The number of aromatic carboxylic acids is 1. The van der Waals surface area contributed by atoms with Crippen LogP contribution in [0.2, 0.25) is 0 Å². The molecular weight excluding hydrogens is 476 g/mol. The van der Waals surface area contributed by atoms with Gasteiger partial charge in [0.25, 0.3) is 0 Å². The molecule has 1 aliphatic rings. The smallest absolute Gasteiger partial charge is 0.339 e. The van der Waals surface area contributed by atoms with Gasteiger partial charge in [0.1, 0.15) is 23.2 Å². The first-order valence-electron chi connectivity index (χ1n) is 11.7. The van der Waals surface area contributed by atoms with Crippen LogP contribution in [0.1, 0.15) is 28.9 Å². The van der Waals surface area contributed by atoms with Crippen LogP contribution in [-0.2, 0) is 0 Å². The number of hydrogen-bond acceptors (Lipinski definition) is 5. The molecule has 2 atom stereocenters. The van der Waals surface area contributed by atoms with E-state index in [-0.39, 0.29) is 30.1 Å². The predicted octanol–water partition coefficient (Wildman–Crippen LogP) is 6.22. The second kappa shape index (κ2) is 10.9. The molecule has 0 aromatic heterocycles. The van der Waals surface area contributed by atoms with Crippen LogP contribution < -0.4 is 19.7 Å². The molecule has 0 bridgehead atoms. The quantitative estimate of drug-likeness (QED) is 0.311. The van der Waals surface area contributed by atoms with E-state index in [4.69, 9.17) is 9.47 Å². The molecule has 6 nitrogen and oxygen atoms in total. The molecule has 7 heteroatoms. The molecule has 1 aliphatic heterocycles. The van der Waals surface area contributed by atoms with Crippen LogP contribution in [0.15, 0.2) is 84.9 Å². The van der Waals surface area contributed by atoms with Crippen molar-refractivity contribution < 1.29 is 19.4 Å². The van der Waals surface area contributed by atoms with E-state index < -0.39 is 5.97 Å². The van der Waals surface area contributed by atoms with Gasteiger partial charge in [0.2, 0.25) is 0 Å². The number of carbonyl (C=O) groups is 1. The lowest BCUT2D eigenvalue weighted by Gasteiger charge is -2.37. The van der Waals surface area contributed by atoms with Crippen molar-refractivity contribution >= 4 is 40.5 Å². The van der Waals surface area contributed by atoms with Crippen molar-refractivity contribution in [1.82, 2.24) is 5.32 Å². The van der Waals surface area contributed by atoms with E-state index in [2.05, 4.69) is 59.6 Å². The number of methoxy groups -OCH3 is 1. The molecule has 0 aliphatic carbocycles. The first-order valence-corrected chi connectivity index (χ1v) is 11.7. The zero-order chi connectivity index (χ0) is 24.4. The summed E-state index contributed by atoms with van der Waals surface area (Å²) in [5.41, 5.74) is 3.07. The van der Waals surface area contributed by atoms with Gasteiger partial charge in [-0.25, -0.2) is 4.79 Å². The molecular formula is C29H29ClN2O4. The third-order valence-corrected chi connectivity index (χ3v) is 6.50. The lowest BCUT2D eigenvalue weighted by atomic mass is 9.99. The van der Waals surface area contributed by atoms with Crippen LogP contribution in [0.25, 0.3) is 10.8 Å². The number of halogens is 1. The molecule has 0 saturated carbocycles. The lowest BCUT2D eigenvalue weighted by Crippen LogP contribution is -2.44. The Morgan fingerprint density at radius 2 is 1.83 bits per heavy atom. The largest absolute Gasteiger partial charge is 0.496 e. The van der Waals surface area contributed by atoms with Crippen LogP contribution >= 0.6 is 12.4 Å². The summed E-state index contributed by atoms with van der Waals surface area (Å²) in [6, 6.07) is 28.0. The van der Waals surface area contributed by atoms with E-state index in [1.165, 1.54) is 23.4 Å². The number of ether oxygens (including phenoxy) is 2. The maximum atomic E-state index is 11.8. The average Bonchev–Trinajstić information content (AvgIpc) is 2.90. The van der Waals surface area contributed by atoms with E-state index in [1.54, 1.807) is 12.1 Å². The van der Waals surface area contributed by atoms with E-state index in [0.29, 0.717) is 18.8 Å². The second-order valence-corrected chi connectivity index (χ2v) is 8.71. The van der Waals surface area contributed by atoms with Gasteiger partial charge >= 0.3 is 5.97 Å². The summed E-state index contributed by atoms with van der Waals surface area (Å²) in [6.07, 6.45) is -0.127. The Hall–Kier alpha value is -3.74. The highest BCUT2D eigenvalue weighted by Crippen LogP contribution is 2.39. The normalized spacial score (nSPS) is 15.4. The van der Waals surface area contributed by atoms with Gasteiger partial charge in [0.15, 0.2) is 0 Å². The number of nitrogens with zero attached hydrogens (tertiary/aromatic N) is 1. The summed E-state index contributed by atoms with van der Waals surface area (Å²) < 4.78 is 11.6. The maximum absolute atomic E-state index is 11.8. The molecule has 0 spiro atoms. The number of hydrogen-bond donors (Lipinski definition) is 2. The standard InChI is InChI=1S/C29H28N2O4.ClH/c1-19(23-11-7-9-20-8-3-4-10-24(20)23)30-17-22-18-31(26-12-5-6-13-28(26)35-22)21-14-15-27(34-2)25(16-21)29(32)33;/h3-16,19,22,30H,17-18H2,1-2H3,(H,32,33);1H/t19-,22?;/m1./s1. The van der Waals surface area contributed by atoms with E-state index >= 15 is 0 Å². The molecule has 4 aromatic rings. The zero-order valence-electron chi connectivity index (χ0n) is 20.2. The van der Waals surface area contributed by atoms with Gasteiger partial charge in [0.05, 0.1) is 19.3 Å². The fourth-order valence-corrected chi connectivity index (χ4v) is 4.73. The van der Waals surface area contributed by atoms with Crippen molar-refractivity contribution in [3.63, 3.8) is 0 Å².